The second kappa shape index (κ2) is 4.51. The standard InChI is InChI=1S/C11H19N3O2/c1-11(2,3)10-13-9(16-14-10)6-8-7-15-5-4-12-8/h8,12H,4-7H2,1-3H3. The first-order valence-corrected chi connectivity index (χ1v) is 5.70. The van der Waals surface area contributed by atoms with Crippen molar-refractivity contribution in [2.75, 3.05) is 19.8 Å². The lowest BCUT2D eigenvalue weighted by Gasteiger charge is -2.22. The highest BCUT2D eigenvalue weighted by atomic mass is 16.5. The average Bonchev–Trinajstić information content (AvgIpc) is 2.67. The van der Waals surface area contributed by atoms with Gasteiger partial charge in [0.2, 0.25) is 5.89 Å². The van der Waals surface area contributed by atoms with E-state index in [1.807, 2.05) is 0 Å². The van der Waals surface area contributed by atoms with Crippen molar-refractivity contribution in [1.82, 2.24) is 15.5 Å². The highest BCUT2D eigenvalue weighted by Gasteiger charge is 2.23. The van der Waals surface area contributed by atoms with Crippen molar-refractivity contribution in [3.63, 3.8) is 0 Å². The fourth-order valence-electron chi connectivity index (χ4n) is 1.60. The predicted octanol–water partition coefficient (Wildman–Crippen LogP) is 0.898. The first kappa shape index (κ1) is 11.5. The lowest BCUT2D eigenvalue weighted by atomic mass is 9.96. The molecule has 1 aromatic heterocycles. The van der Waals surface area contributed by atoms with Crippen LogP contribution in [0.25, 0.3) is 0 Å². The van der Waals surface area contributed by atoms with Crippen molar-refractivity contribution in [2.45, 2.75) is 38.6 Å². The molecule has 1 atom stereocenters. The second-order valence-electron chi connectivity index (χ2n) is 5.19. The summed E-state index contributed by atoms with van der Waals surface area (Å²) in [5, 5.41) is 7.36. The van der Waals surface area contributed by atoms with Crippen LogP contribution in [-0.2, 0) is 16.6 Å². The molecule has 1 N–H and O–H groups in total. The summed E-state index contributed by atoms with van der Waals surface area (Å²) in [5.41, 5.74) is -0.0573. The van der Waals surface area contributed by atoms with Gasteiger partial charge in [-0.15, -0.1) is 0 Å². The van der Waals surface area contributed by atoms with Gasteiger partial charge in [-0.1, -0.05) is 25.9 Å². The fraction of sp³-hybridized carbons (Fsp3) is 0.818. The Hall–Kier alpha value is -0.940. The Morgan fingerprint density at radius 2 is 2.25 bits per heavy atom. The smallest absolute Gasteiger partial charge is 0.228 e. The van der Waals surface area contributed by atoms with Gasteiger partial charge in [-0.3, -0.25) is 0 Å². The predicted molar refractivity (Wildman–Crippen MR) is 59.3 cm³/mol. The van der Waals surface area contributed by atoms with Gasteiger partial charge < -0.3 is 14.6 Å². The van der Waals surface area contributed by atoms with Crippen LogP contribution in [0.4, 0.5) is 0 Å². The molecule has 0 amide bonds. The van der Waals surface area contributed by atoms with Gasteiger partial charge in [0.15, 0.2) is 5.82 Å². The lowest BCUT2D eigenvalue weighted by molar-refractivity contribution is 0.0744. The Morgan fingerprint density at radius 1 is 1.44 bits per heavy atom. The maximum absolute atomic E-state index is 5.38. The van der Waals surface area contributed by atoms with Crippen LogP contribution in [0, 0.1) is 0 Å². The number of nitrogens with zero attached hydrogens (tertiary/aromatic N) is 2. The molecule has 2 heterocycles. The van der Waals surface area contributed by atoms with Crippen LogP contribution < -0.4 is 5.32 Å². The zero-order valence-corrected chi connectivity index (χ0v) is 10.1. The van der Waals surface area contributed by atoms with Gasteiger partial charge in [0.25, 0.3) is 0 Å². The maximum Gasteiger partial charge on any atom is 0.228 e. The average molecular weight is 225 g/mol. The fourth-order valence-corrected chi connectivity index (χ4v) is 1.60. The molecule has 2 rings (SSSR count). The molecule has 1 saturated heterocycles. The minimum atomic E-state index is -0.0573. The summed E-state index contributed by atoms with van der Waals surface area (Å²) >= 11 is 0. The van der Waals surface area contributed by atoms with Crippen LogP contribution in [0.15, 0.2) is 4.52 Å². The summed E-state index contributed by atoms with van der Waals surface area (Å²) < 4.78 is 10.6. The second-order valence-corrected chi connectivity index (χ2v) is 5.19. The Labute approximate surface area is 95.6 Å². The van der Waals surface area contributed by atoms with Crippen molar-refractivity contribution >= 4 is 0 Å². The van der Waals surface area contributed by atoms with Crippen LogP contribution >= 0.6 is 0 Å². The number of hydrogen-bond donors (Lipinski definition) is 1. The molecule has 1 fully saturated rings. The van der Waals surface area contributed by atoms with Crippen molar-refractivity contribution in [3.05, 3.63) is 11.7 Å². The summed E-state index contributed by atoms with van der Waals surface area (Å²) in [6, 6.07) is 0.294. The molecule has 90 valence electrons. The highest BCUT2D eigenvalue weighted by molar-refractivity contribution is 5.00. The molecule has 16 heavy (non-hydrogen) atoms. The van der Waals surface area contributed by atoms with Crippen LogP contribution in [0.1, 0.15) is 32.5 Å². The minimum absolute atomic E-state index is 0.0573. The molecule has 0 saturated carbocycles. The zero-order valence-electron chi connectivity index (χ0n) is 10.1. The monoisotopic (exact) mass is 225 g/mol. The molecule has 5 heteroatoms. The van der Waals surface area contributed by atoms with E-state index in [9.17, 15) is 0 Å². The quantitative estimate of drug-likeness (QED) is 0.810. The van der Waals surface area contributed by atoms with Crippen molar-refractivity contribution in [1.29, 1.82) is 0 Å². The van der Waals surface area contributed by atoms with E-state index in [2.05, 4.69) is 36.2 Å². The highest BCUT2D eigenvalue weighted by Crippen LogP contribution is 2.18. The molecule has 5 nitrogen and oxygen atoms in total. The van der Waals surface area contributed by atoms with Crippen LogP contribution in [0.3, 0.4) is 0 Å². The summed E-state index contributed by atoms with van der Waals surface area (Å²) in [5.74, 6) is 1.45. The molecule has 0 aromatic carbocycles. The van der Waals surface area contributed by atoms with E-state index < -0.39 is 0 Å². The van der Waals surface area contributed by atoms with Gasteiger partial charge in [-0.25, -0.2) is 0 Å². The SMILES string of the molecule is CC(C)(C)c1noc(CC2COCCN2)n1. The van der Waals surface area contributed by atoms with E-state index in [1.54, 1.807) is 0 Å². The number of nitrogens with one attached hydrogen (secondary N) is 1. The Kier molecular flexibility index (Phi) is 3.25. The third-order valence-corrected chi connectivity index (χ3v) is 2.56. The molecule has 1 aromatic rings. The third kappa shape index (κ3) is 2.80. The molecule has 0 aliphatic carbocycles. The molecule has 1 unspecified atom stereocenters. The molecule has 1 aliphatic rings. The van der Waals surface area contributed by atoms with Gasteiger partial charge in [-0.05, 0) is 0 Å². The minimum Gasteiger partial charge on any atom is -0.378 e. The third-order valence-electron chi connectivity index (χ3n) is 2.56. The van der Waals surface area contributed by atoms with E-state index in [4.69, 9.17) is 9.26 Å². The van der Waals surface area contributed by atoms with Gasteiger partial charge in [0, 0.05) is 24.4 Å². The summed E-state index contributed by atoms with van der Waals surface area (Å²) in [6.07, 6.45) is 0.739. The lowest BCUT2D eigenvalue weighted by Crippen LogP contribution is -2.42. The van der Waals surface area contributed by atoms with Gasteiger partial charge >= 0.3 is 0 Å². The van der Waals surface area contributed by atoms with Crippen molar-refractivity contribution < 1.29 is 9.26 Å². The molecular weight excluding hydrogens is 206 g/mol. The van der Waals surface area contributed by atoms with Gasteiger partial charge in [0.1, 0.15) is 0 Å². The largest absolute Gasteiger partial charge is 0.378 e. The summed E-state index contributed by atoms with van der Waals surface area (Å²) in [4.78, 5) is 4.40. The maximum atomic E-state index is 5.38. The number of morpholine rings is 1. The molecule has 0 spiro atoms. The van der Waals surface area contributed by atoms with Crippen LogP contribution in [0.5, 0.6) is 0 Å². The first-order chi connectivity index (χ1) is 7.55. The number of ether oxygens (including phenoxy) is 1. The first-order valence-electron chi connectivity index (χ1n) is 5.70. The Balaban J connectivity index is 1.97. The number of rotatable bonds is 2. The number of hydrogen-bond acceptors (Lipinski definition) is 5. The van der Waals surface area contributed by atoms with E-state index in [-0.39, 0.29) is 5.41 Å². The van der Waals surface area contributed by atoms with E-state index in [1.165, 1.54) is 0 Å². The molecule has 1 aliphatic heterocycles. The molecular formula is C11H19N3O2. The summed E-state index contributed by atoms with van der Waals surface area (Å²) in [7, 11) is 0. The van der Waals surface area contributed by atoms with Crippen LogP contribution in [-0.4, -0.2) is 35.9 Å². The van der Waals surface area contributed by atoms with Crippen molar-refractivity contribution in [3.8, 4) is 0 Å². The summed E-state index contributed by atoms with van der Waals surface area (Å²) in [6.45, 7) is 8.61. The molecule has 0 radical (unpaired) electrons. The van der Waals surface area contributed by atoms with Gasteiger partial charge in [-0.2, -0.15) is 4.98 Å². The Morgan fingerprint density at radius 3 is 2.81 bits per heavy atom. The number of aromatic nitrogens is 2. The van der Waals surface area contributed by atoms with E-state index >= 15 is 0 Å². The van der Waals surface area contributed by atoms with E-state index in [0.717, 1.165) is 25.4 Å². The normalized spacial score (nSPS) is 22.3. The van der Waals surface area contributed by atoms with Crippen LogP contribution in [0.2, 0.25) is 0 Å². The molecule has 0 bridgehead atoms. The zero-order chi connectivity index (χ0) is 11.6. The topological polar surface area (TPSA) is 60.2 Å². The van der Waals surface area contributed by atoms with Gasteiger partial charge in [0.05, 0.1) is 13.2 Å². The Bertz CT molecular complexity index is 337. The van der Waals surface area contributed by atoms with Crippen molar-refractivity contribution in [2.24, 2.45) is 0 Å². The van der Waals surface area contributed by atoms with E-state index in [0.29, 0.717) is 18.5 Å².